The van der Waals surface area contributed by atoms with Gasteiger partial charge < -0.3 is 5.11 Å². The number of alkyl halides is 1. The molecule has 2 aliphatic carbocycles. The van der Waals surface area contributed by atoms with E-state index in [1.54, 1.807) is 0 Å². The Kier molecular flexibility index (Phi) is 1.44. The van der Waals surface area contributed by atoms with E-state index in [0.29, 0.717) is 12.3 Å². The van der Waals surface area contributed by atoms with Crippen LogP contribution in [-0.2, 0) is 0 Å². The van der Waals surface area contributed by atoms with E-state index in [2.05, 4.69) is 0 Å². The van der Waals surface area contributed by atoms with Gasteiger partial charge in [0.05, 0.1) is 6.10 Å². The molecule has 0 bridgehead atoms. The van der Waals surface area contributed by atoms with Crippen LogP contribution in [0.1, 0.15) is 25.7 Å². The van der Waals surface area contributed by atoms with Gasteiger partial charge in [0.15, 0.2) is 0 Å². The molecule has 2 heteroatoms. The number of aliphatic hydroxyl groups is 1. The smallest absolute Gasteiger partial charge is 0.103 e. The van der Waals surface area contributed by atoms with E-state index in [4.69, 9.17) is 0 Å². The van der Waals surface area contributed by atoms with E-state index < -0.39 is 6.17 Å². The van der Waals surface area contributed by atoms with Gasteiger partial charge in [0, 0.05) is 0 Å². The van der Waals surface area contributed by atoms with E-state index in [-0.39, 0.29) is 12.0 Å². The molecule has 4 unspecified atom stereocenters. The molecule has 2 rings (SSSR count). The number of hydrogen-bond acceptors (Lipinski definition) is 1. The molecule has 0 aromatic heterocycles. The Morgan fingerprint density at radius 3 is 2.40 bits per heavy atom. The zero-order valence-electron chi connectivity index (χ0n) is 5.96. The van der Waals surface area contributed by atoms with Crippen LogP contribution in [0.15, 0.2) is 0 Å². The molecule has 2 saturated carbocycles. The molecule has 1 N–H and O–H groups in total. The van der Waals surface area contributed by atoms with Crippen LogP contribution in [0.25, 0.3) is 0 Å². The van der Waals surface area contributed by atoms with Gasteiger partial charge in [-0.25, -0.2) is 4.39 Å². The van der Waals surface area contributed by atoms with Crippen LogP contribution in [0.2, 0.25) is 0 Å². The molecule has 0 aromatic carbocycles. The number of halogens is 1. The minimum Gasteiger partial charge on any atom is -0.393 e. The first-order chi connectivity index (χ1) is 4.79. The Morgan fingerprint density at radius 2 is 1.70 bits per heavy atom. The molecule has 0 amide bonds. The highest BCUT2D eigenvalue weighted by Crippen LogP contribution is 2.45. The summed E-state index contributed by atoms with van der Waals surface area (Å²) in [5.74, 6) is 0.505. The van der Waals surface area contributed by atoms with Crippen molar-refractivity contribution < 1.29 is 9.50 Å². The van der Waals surface area contributed by atoms with Crippen LogP contribution in [0.5, 0.6) is 0 Å². The highest BCUT2D eigenvalue weighted by atomic mass is 19.1. The van der Waals surface area contributed by atoms with Gasteiger partial charge in [-0.15, -0.1) is 0 Å². The molecular formula is C8H13FO. The molecule has 0 radical (unpaired) electrons. The summed E-state index contributed by atoms with van der Waals surface area (Å²) in [6, 6.07) is 0. The van der Waals surface area contributed by atoms with Gasteiger partial charge in [-0.05, 0) is 37.5 Å². The number of fused-ring (bicyclic) bond motifs is 1. The Morgan fingerprint density at radius 1 is 1.00 bits per heavy atom. The first-order valence-corrected chi connectivity index (χ1v) is 4.11. The Labute approximate surface area is 60.2 Å². The van der Waals surface area contributed by atoms with Crippen molar-refractivity contribution >= 4 is 0 Å². The second-order valence-corrected chi connectivity index (χ2v) is 3.57. The fourth-order valence-corrected chi connectivity index (χ4v) is 2.50. The van der Waals surface area contributed by atoms with E-state index in [9.17, 15) is 9.50 Å². The first-order valence-electron chi connectivity index (χ1n) is 4.11. The summed E-state index contributed by atoms with van der Waals surface area (Å²) >= 11 is 0. The van der Waals surface area contributed by atoms with Gasteiger partial charge in [-0.1, -0.05) is 0 Å². The van der Waals surface area contributed by atoms with Crippen molar-refractivity contribution in [3.05, 3.63) is 0 Å². The third kappa shape index (κ3) is 0.782. The monoisotopic (exact) mass is 144 g/mol. The second kappa shape index (κ2) is 2.19. The molecule has 10 heavy (non-hydrogen) atoms. The van der Waals surface area contributed by atoms with Gasteiger partial charge in [-0.3, -0.25) is 0 Å². The maximum atomic E-state index is 12.9. The summed E-state index contributed by atoms with van der Waals surface area (Å²) in [6.07, 6.45) is 2.54. The third-order valence-corrected chi connectivity index (χ3v) is 3.08. The summed E-state index contributed by atoms with van der Waals surface area (Å²) in [6.45, 7) is 0. The van der Waals surface area contributed by atoms with Crippen LogP contribution in [0.3, 0.4) is 0 Å². The average Bonchev–Trinajstić information content (AvgIpc) is 2.41. The maximum absolute atomic E-state index is 12.9. The molecule has 0 spiro atoms. The molecule has 1 nitrogen and oxygen atoms in total. The Bertz CT molecular complexity index is 121. The van der Waals surface area contributed by atoms with Gasteiger partial charge >= 0.3 is 0 Å². The van der Waals surface area contributed by atoms with Crippen LogP contribution in [-0.4, -0.2) is 17.4 Å². The maximum Gasteiger partial charge on any atom is 0.103 e. The van der Waals surface area contributed by atoms with E-state index >= 15 is 0 Å². The second-order valence-electron chi connectivity index (χ2n) is 3.57. The zero-order chi connectivity index (χ0) is 7.14. The molecule has 0 aliphatic heterocycles. The lowest BCUT2D eigenvalue weighted by Gasteiger charge is -2.12. The van der Waals surface area contributed by atoms with Crippen molar-refractivity contribution in [2.75, 3.05) is 0 Å². The number of aliphatic hydroxyl groups excluding tert-OH is 1. The summed E-state index contributed by atoms with van der Waals surface area (Å²) in [7, 11) is 0. The van der Waals surface area contributed by atoms with Gasteiger partial charge in [0.1, 0.15) is 6.17 Å². The number of hydrogen-bond donors (Lipinski definition) is 1. The zero-order valence-corrected chi connectivity index (χ0v) is 5.96. The van der Waals surface area contributed by atoms with Crippen molar-refractivity contribution in [3.63, 3.8) is 0 Å². The lowest BCUT2D eigenvalue weighted by atomic mass is 9.99. The minimum absolute atomic E-state index is 0.189. The van der Waals surface area contributed by atoms with Crippen molar-refractivity contribution in [3.8, 4) is 0 Å². The predicted molar refractivity (Wildman–Crippen MR) is 36.4 cm³/mol. The van der Waals surface area contributed by atoms with Crippen LogP contribution in [0, 0.1) is 11.8 Å². The lowest BCUT2D eigenvalue weighted by molar-refractivity contribution is 0.121. The fourth-order valence-electron chi connectivity index (χ4n) is 2.50. The third-order valence-electron chi connectivity index (χ3n) is 3.08. The largest absolute Gasteiger partial charge is 0.393 e. The summed E-state index contributed by atoms with van der Waals surface area (Å²) in [5, 5.41) is 9.35. The predicted octanol–water partition coefficient (Wildman–Crippen LogP) is 1.51. The van der Waals surface area contributed by atoms with Crippen molar-refractivity contribution in [2.24, 2.45) is 11.8 Å². The summed E-state index contributed by atoms with van der Waals surface area (Å²) in [5.41, 5.74) is 0. The molecule has 0 heterocycles. The van der Waals surface area contributed by atoms with Crippen molar-refractivity contribution in [1.29, 1.82) is 0 Å². The minimum atomic E-state index is -0.609. The molecule has 58 valence electrons. The van der Waals surface area contributed by atoms with Gasteiger partial charge in [-0.2, -0.15) is 0 Å². The fraction of sp³-hybridized carbons (Fsp3) is 1.00. The normalized spacial score (nSPS) is 53.4. The molecule has 4 atom stereocenters. The molecule has 0 aromatic rings. The average molecular weight is 144 g/mol. The molecular weight excluding hydrogens is 131 g/mol. The van der Waals surface area contributed by atoms with Crippen LogP contribution >= 0.6 is 0 Å². The van der Waals surface area contributed by atoms with E-state index in [1.165, 1.54) is 0 Å². The van der Waals surface area contributed by atoms with Crippen molar-refractivity contribution in [2.45, 2.75) is 38.0 Å². The van der Waals surface area contributed by atoms with E-state index in [0.717, 1.165) is 19.3 Å². The highest BCUT2D eigenvalue weighted by Gasteiger charge is 2.44. The van der Waals surface area contributed by atoms with Crippen LogP contribution in [0.4, 0.5) is 4.39 Å². The molecule has 0 saturated heterocycles. The van der Waals surface area contributed by atoms with Crippen LogP contribution < -0.4 is 0 Å². The molecule has 2 aliphatic rings. The van der Waals surface area contributed by atoms with E-state index in [1.807, 2.05) is 0 Å². The topological polar surface area (TPSA) is 20.2 Å². The van der Waals surface area contributed by atoms with Crippen molar-refractivity contribution in [1.82, 2.24) is 0 Å². The highest BCUT2D eigenvalue weighted by molar-refractivity contribution is 4.94. The lowest BCUT2D eigenvalue weighted by Crippen LogP contribution is -2.16. The molecule has 2 fully saturated rings. The standard InChI is InChI=1S/C8H13FO/c9-7-3-1-6-5(7)2-4-8(6)10/h5-8,10H,1-4H2. The quantitative estimate of drug-likeness (QED) is 0.546. The summed E-state index contributed by atoms with van der Waals surface area (Å²) in [4.78, 5) is 0. The SMILES string of the molecule is OC1CCC2C(F)CCC12. The number of rotatable bonds is 0. The van der Waals surface area contributed by atoms with Gasteiger partial charge in [0.25, 0.3) is 0 Å². The first kappa shape index (κ1) is 6.59. The summed E-state index contributed by atoms with van der Waals surface area (Å²) < 4.78 is 12.9. The Hall–Kier alpha value is -0.110. The van der Waals surface area contributed by atoms with Gasteiger partial charge in [0.2, 0.25) is 0 Å². The Balaban J connectivity index is 2.09.